The Labute approximate surface area is 201 Å². The number of halogens is 2. The quantitative estimate of drug-likeness (QED) is 0.423. The molecule has 186 valence electrons. The maximum absolute atomic E-state index is 13.7. The van der Waals surface area contributed by atoms with E-state index in [2.05, 4.69) is 60.8 Å². The van der Waals surface area contributed by atoms with E-state index in [4.69, 9.17) is 0 Å². The zero-order chi connectivity index (χ0) is 24.9. The lowest BCUT2D eigenvalue weighted by molar-refractivity contribution is 0.119. The number of nitrogens with zero attached hydrogens (tertiary/aromatic N) is 1. The Kier molecular flexibility index (Phi) is 8.55. The highest BCUT2D eigenvalue weighted by atomic mass is 19.1. The van der Waals surface area contributed by atoms with Gasteiger partial charge in [-0.25, -0.2) is 8.78 Å². The van der Waals surface area contributed by atoms with Gasteiger partial charge in [-0.1, -0.05) is 50.2 Å². The first-order valence-electron chi connectivity index (χ1n) is 12.1. The summed E-state index contributed by atoms with van der Waals surface area (Å²) in [5.74, 6) is -1.28. The molecule has 34 heavy (non-hydrogen) atoms. The third-order valence-electron chi connectivity index (χ3n) is 7.06. The molecule has 3 N–H and O–H groups in total. The fraction of sp³-hybridized carbons (Fsp3) is 0.556. The molecule has 1 saturated carbocycles. The summed E-state index contributed by atoms with van der Waals surface area (Å²) in [5, 5.41) is 20.8. The molecule has 7 heteroatoms. The fourth-order valence-corrected chi connectivity index (χ4v) is 4.92. The van der Waals surface area contributed by atoms with Crippen LogP contribution in [0.15, 0.2) is 47.6 Å². The molecule has 0 aromatic heterocycles. The molecule has 0 spiro atoms. The van der Waals surface area contributed by atoms with Gasteiger partial charge in [0.1, 0.15) is 11.6 Å². The van der Waals surface area contributed by atoms with E-state index in [9.17, 15) is 18.8 Å². The molecule has 2 atom stereocenters. The van der Waals surface area contributed by atoms with Crippen LogP contribution in [0.1, 0.15) is 75.6 Å². The molecule has 2 unspecified atom stereocenters. The molecular weight excluding hydrogens is 436 g/mol. The number of nitroso groups, excluding NO2 is 1. The standard InChI is InChI=1S/C27H37F2N3O2/c1-26(2,3)19-6-5-7-20(14-19)27(10-8-23(32-34)9-11-27)31-17-24(33)16-25(30-4)18-12-21(28)15-22(29)13-18/h5-7,12-15,23-25,30-31,33H,8-11,16-17H2,1-4H3. The van der Waals surface area contributed by atoms with Crippen LogP contribution in [-0.2, 0) is 11.0 Å². The highest BCUT2D eigenvalue weighted by Gasteiger charge is 2.38. The van der Waals surface area contributed by atoms with Gasteiger partial charge in [-0.3, -0.25) is 0 Å². The third kappa shape index (κ3) is 6.46. The first kappa shape index (κ1) is 26.4. The molecule has 1 fully saturated rings. The molecule has 1 aliphatic rings. The summed E-state index contributed by atoms with van der Waals surface area (Å²) in [6.07, 6.45) is 2.42. The van der Waals surface area contributed by atoms with Gasteiger partial charge in [-0.2, -0.15) is 4.91 Å². The molecule has 2 aromatic rings. The number of hydrogen-bond donors (Lipinski definition) is 3. The number of hydrogen-bond acceptors (Lipinski definition) is 5. The lowest BCUT2D eigenvalue weighted by Gasteiger charge is -2.41. The first-order chi connectivity index (χ1) is 16.1. The Balaban J connectivity index is 1.77. The lowest BCUT2D eigenvalue weighted by atomic mass is 9.73. The second-order valence-corrected chi connectivity index (χ2v) is 10.6. The van der Waals surface area contributed by atoms with E-state index in [0.29, 0.717) is 31.4 Å². The average molecular weight is 474 g/mol. The highest BCUT2D eigenvalue weighted by Crippen LogP contribution is 2.39. The van der Waals surface area contributed by atoms with Crippen molar-refractivity contribution in [1.29, 1.82) is 0 Å². The largest absolute Gasteiger partial charge is 0.392 e. The van der Waals surface area contributed by atoms with Gasteiger partial charge in [0.25, 0.3) is 0 Å². The van der Waals surface area contributed by atoms with Crippen molar-refractivity contribution >= 4 is 0 Å². The van der Waals surface area contributed by atoms with Crippen molar-refractivity contribution in [1.82, 2.24) is 10.6 Å². The van der Waals surface area contributed by atoms with Crippen molar-refractivity contribution in [3.05, 3.63) is 75.7 Å². The van der Waals surface area contributed by atoms with Crippen molar-refractivity contribution in [3.63, 3.8) is 0 Å². The van der Waals surface area contributed by atoms with E-state index in [1.165, 1.54) is 17.7 Å². The van der Waals surface area contributed by atoms with Gasteiger partial charge in [0.2, 0.25) is 0 Å². The lowest BCUT2D eigenvalue weighted by Crippen LogP contribution is -2.49. The molecular formula is C27H37F2N3O2. The minimum absolute atomic E-state index is 0.00147. The monoisotopic (exact) mass is 473 g/mol. The normalized spacial score (nSPS) is 22.9. The Morgan fingerprint density at radius 3 is 2.32 bits per heavy atom. The summed E-state index contributed by atoms with van der Waals surface area (Å²) in [4.78, 5) is 11.1. The van der Waals surface area contributed by atoms with Crippen LogP contribution in [0.25, 0.3) is 0 Å². The van der Waals surface area contributed by atoms with Crippen LogP contribution in [0.2, 0.25) is 0 Å². The van der Waals surface area contributed by atoms with Gasteiger partial charge in [-0.05, 0) is 73.4 Å². The zero-order valence-corrected chi connectivity index (χ0v) is 20.6. The highest BCUT2D eigenvalue weighted by molar-refractivity contribution is 5.34. The number of nitrogens with one attached hydrogen (secondary N) is 2. The van der Waals surface area contributed by atoms with E-state index < -0.39 is 23.8 Å². The molecule has 2 aromatic carbocycles. The van der Waals surface area contributed by atoms with Crippen LogP contribution >= 0.6 is 0 Å². The Bertz CT molecular complexity index is 948. The van der Waals surface area contributed by atoms with Gasteiger partial charge in [-0.15, -0.1) is 0 Å². The average Bonchev–Trinajstić information content (AvgIpc) is 2.80. The number of rotatable bonds is 9. The first-order valence-corrected chi connectivity index (χ1v) is 12.1. The molecule has 5 nitrogen and oxygen atoms in total. The van der Waals surface area contributed by atoms with E-state index in [-0.39, 0.29) is 17.0 Å². The number of benzene rings is 2. The van der Waals surface area contributed by atoms with E-state index in [1.54, 1.807) is 7.05 Å². The summed E-state index contributed by atoms with van der Waals surface area (Å²) >= 11 is 0. The van der Waals surface area contributed by atoms with Gasteiger partial charge >= 0.3 is 0 Å². The molecule has 0 amide bonds. The second kappa shape index (κ2) is 11.0. The molecule has 0 heterocycles. The molecule has 0 saturated heterocycles. The predicted octanol–water partition coefficient (Wildman–Crippen LogP) is 5.47. The van der Waals surface area contributed by atoms with Crippen molar-refractivity contribution in [3.8, 4) is 0 Å². The van der Waals surface area contributed by atoms with Crippen LogP contribution < -0.4 is 10.6 Å². The second-order valence-electron chi connectivity index (χ2n) is 10.6. The van der Waals surface area contributed by atoms with Crippen LogP contribution in [-0.4, -0.2) is 30.8 Å². The van der Waals surface area contributed by atoms with Gasteiger partial charge in [0.05, 0.1) is 12.1 Å². The van der Waals surface area contributed by atoms with Gasteiger partial charge in [0.15, 0.2) is 0 Å². The van der Waals surface area contributed by atoms with Crippen molar-refractivity contribution in [2.24, 2.45) is 5.18 Å². The third-order valence-corrected chi connectivity index (χ3v) is 7.06. The van der Waals surface area contributed by atoms with E-state index in [0.717, 1.165) is 24.5 Å². The topological polar surface area (TPSA) is 73.7 Å². The summed E-state index contributed by atoms with van der Waals surface area (Å²) in [7, 11) is 1.71. The fourth-order valence-electron chi connectivity index (χ4n) is 4.92. The van der Waals surface area contributed by atoms with E-state index >= 15 is 0 Å². The summed E-state index contributed by atoms with van der Waals surface area (Å²) in [6, 6.07) is 11.4. The maximum Gasteiger partial charge on any atom is 0.126 e. The minimum atomic E-state index is -0.742. The Morgan fingerprint density at radius 2 is 1.76 bits per heavy atom. The Morgan fingerprint density at radius 1 is 1.12 bits per heavy atom. The van der Waals surface area contributed by atoms with Crippen molar-refractivity contribution in [2.45, 2.75) is 82.0 Å². The van der Waals surface area contributed by atoms with Crippen LogP contribution in [0, 0.1) is 16.5 Å². The summed E-state index contributed by atoms with van der Waals surface area (Å²) in [5.41, 5.74) is 2.46. The van der Waals surface area contributed by atoms with Crippen molar-refractivity contribution < 1.29 is 13.9 Å². The van der Waals surface area contributed by atoms with Crippen LogP contribution in [0.3, 0.4) is 0 Å². The predicted molar refractivity (Wildman–Crippen MR) is 132 cm³/mol. The Hall–Kier alpha value is -2.22. The smallest absolute Gasteiger partial charge is 0.126 e. The SMILES string of the molecule is CNC(CC(O)CNC1(c2cccc(C(C)(C)C)c2)CCC(N=O)CC1)c1cc(F)cc(F)c1. The molecule has 0 bridgehead atoms. The number of aliphatic hydroxyl groups excluding tert-OH is 1. The number of aliphatic hydroxyl groups is 1. The molecule has 1 aliphatic carbocycles. The maximum atomic E-state index is 13.7. The summed E-state index contributed by atoms with van der Waals surface area (Å²) in [6.45, 7) is 6.85. The van der Waals surface area contributed by atoms with Gasteiger partial charge < -0.3 is 15.7 Å². The van der Waals surface area contributed by atoms with Crippen LogP contribution in [0.4, 0.5) is 8.78 Å². The zero-order valence-electron chi connectivity index (χ0n) is 20.6. The van der Waals surface area contributed by atoms with E-state index in [1.807, 2.05) is 0 Å². The van der Waals surface area contributed by atoms with Crippen molar-refractivity contribution in [2.75, 3.05) is 13.6 Å². The molecule has 0 radical (unpaired) electrons. The van der Waals surface area contributed by atoms with Crippen LogP contribution in [0.5, 0.6) is 0 Å². The van der Waals surface area contributed by atoms with Gasteiger partial charge in [0, 0.05) is 24.2 Å². The minimum Gasteiger partial charge on any atom is -0.392 e. The summed E-state index contributed by atoms with van der Waals surface area (Å²) < 4.78 is 27.4. The molecule has 0 aliphatic heterocycles. The molecule has 3 rings (SSSR count).